The van der Waals surface area contributed by atoms with Gasteiger partial charge in [-0.3, -0.25) is 0 Å². The SMILES string of the molecule is O=C(O)C1=C(c2ccccc2O)CCNC1. The van der Waals surface area contributed by atoms with Gasteiger partial charge >= 0.3 is 5.97 Å². The van der Waals surface area contributed by atoms with E-state index in [4.69, 9.17) is 5.11 Å². The van der Waals surface area contributed by atoms with Crippen LogP contribution >= 0.6 is 0 Å². The van der Waals surface area contributed by atoms with E-state index in [9.17, 15) is 9.90 Å². The zero-order valence-electron chi connectivity index (χ0n) is 8.73. The van der Waals surface area contributed by atoms with Gasteiger partial charge in [-0.15, -0.1) is 0 Å². The van der Waals surface area contributed by atoms with E-state index in [1.54, 1.807) is 24.3 Å². The predicted octanol–water partition coefficient (Wildman–Crippen LogP) is 1.22. The second-order valence-electron chi connectivity index (χ2n) is 3.71. The van der Waals surface area contributed by atoms with Crippen LogP contribution in [-0.2, 0) is 4.79 Å². The van der Waals surface area contributed by atoms with Crippen molar-refractivity contribution in [3.8, 4) is 5.75 Å². The van der Waals surface area contributed by atoms with Gasteiger partial charge in [0.2, 0.25) is 0 Å². The minimum Gasteiger partial charge on any atom is -0.507 e. The third-order valence-corrected chi connectivity index (χ3v) is 2.71. The number of carboxylic acid groups (broad SMARTS) is 1. The first-order chi connectivity index (χ1) is 7.70. The molecule has 0 atom stereocenters. The van der Waals surface area contributed by atoms with Gasteiger partial charge in [-0.25, -0.2) is 4.79 Å². The van der Waals surface area contributed by atoms with Crippen LogP contribution in [0.3, 0.4) is 0 Å². The molecular formula is C12H13NO3. The molecule has 1 aromatic carbocycles. The maximum atomic E-state index is 11.1. The maximum Gasteiger partial charge on any atom is 0.333 e. The molecule has 0 aliphatic carbocycles. The summed E-state index contributed by atoms with van der Waals surface area (Å²) in [7, 11) is 0. The number of benzene rings is 1. The number of carboxylic acids is 1. The van der Waals surface area contributed by atoms with E-state index >= 15 is 0 Å². The van der Waals surface area contributed by atoms with Crippen LogP contribution in [0.4, 0.5) is 0 Å². The Morgan fingerprint density at radius 3 is 2.75 bits per heavy atom. The minimum absolute atomic E-state index is 0.137. The van der Waals surface area contributed by atoms with E-state index in [0.717, 1.165) is 12.1 Å². The lowest BCUT2D eigenvalue weighted by atomic mass is 9.94. The second kappa shape index (κ2) is 4.37. The van der Waals surface area contributed by atoms with E-state index in [2.05, 4.69) is 5.32 Å². The Morgan fingerprint density at radius 1 is 1.31 bits per heavy atom. The Balaban J connectivity index is 2.52. The number of para-hydroxylation sites is 1. The van der Waals surface area contributed by atoms with Gasteiger partial charge in [0, 0.05) is 12.1 Å². The number of phenols is 1. The number of carbonyl (C=O) groups is 1. The summed E-state index contributed by atoms with van der Waals surface area (Å²) in [6.07, 6.45) is 0.624. The molecule has 1 aliphatic heterocycles. The van der Waals surface area contributed by atoms with Crippen molar-refractivity contribution in [2.45, 2.75) is 6.42 Å². The standard InChI is InChI=1S/C12H13NO3/c14-11-4-2-1-3-9(11)8-5-6-13-7-10(8)12(15)16/h1-4,13-14H,5-7H2,(H,15,16). The molecule has 0 spiro atoms. The number of aliphatic carboxylic acids is 1. The molecule has 0 amide bonds. The lowest BCUT2D eigenvalue weighted by Gasteiger charge is -2.19. The van der Waals surface area contributed by atoms with E-state index < -0.39 is 5.97 Å². The zero-order valence-corrected chi connectivity index (χ0v) is 8.73. The molecule has 4 heteroatoms. The third kappa shape index (κ3) is 1.92. The highest BCUT2D eigenvalue weighted by atomic mass is 16.4. The molecule has 1 aliphatic rings. The Bertz CT molecular complexity index is 451. The van der Waals surface area contributed by atoms with Crippen LogP contribution in [0.25, 0.3) is 5.57 Å². The van der Waals surface area contributed by atoms with Gasteiger partial charge in [0.05, 0.1) is 5.57 Å². The summed E-state index contributed by atoms with van der Waals surface area (Å²) in [4.78, 5) is 11.1. The molecule has 16 heavy (non-hydrogen) atoms. The predicted molar refractivity (Wildman–Crippen MR) is 60.1 cm³/mol. The fourth-order valence-electron chi connectivity index (χ4n) is 1.92. The number of rotatable bonds is 2. The van der Waals surface area contributed by atoms with Gasteiger partial charge in [0.15, 0.2) is 0 Å². The highest BCUT2D eigenvalue weighted by molar-refractivity contribution is 5.98. The van der Waals surface area contributed by atoms with Crippen LogP contribution in [0.5, 0.6) is 5.75 Å². The average molecular weight is 219 g/mol. The first kappa shape index (κ1) is 10.7. The quantitative estimate of drug-likeness (QED) is 0.699. The molecule has 0 unspecified atom stereocenters. The molecule has 0 saturated carbocycles. The topological polar surface area (TPSA) is 69.6 Å². The number of nitrogens with one attached hydrogen (secondary N) is 1. The van der Waals surface area contributed by atoms with Gasteiger partial charge in [-0.1, -0.05) is 18.2 Å². The molecule has 4 nitrogen and oxygen atoms in total. The summed E-state index contributed by atoms with van der Waals surface area (Å²) < 4.78 is 0. The Morgan fingerprint density at radius 2 is 2.06 bits per heavy atom. The van der Waals surface area contributed by atoms with Crippen LogP contribution in [0.15, 0.2) is 29.8 Å². The van der Waals surface area contributed by atoms with Gasteiger partial charge in [-0.05, 0) is 24.6 Å². The fourth-order valence-corrected chi connectivity index (χ4v) is 1.92. The summed E-state index contributed by atoms with van der Waals surface area (Å²) in [6, 6.07) is 6.84. The molecular weight excluding hydrogens is 206 g/mol. The number of hydrogen-bond acceptors (Lipinski definition) is 3. The molecule has 3 N–H and O–H groups in total. The van der Waals surface area contributed by atoms with Gasteiger partial charge in [-0.2, -0.15) is 0 Å². The Kier molecular flexibility index (Phi) is 2.92. The molecule has 1 heterocycles. The second-order valence-corrected chi connectivity index (χ2v) is 3.71. The van der Waals surface area contributed by atoms with E-state index in [-0.39, 0.29) is 5.75 Å². The van der Waals surface area contributed by atoms with Crippen molar-refractivity contribution >= 4 is 11.5 Å². The summed E-state index contributed by atoms with van der Waals surface area (Å²) in [5.41, 5.74) is 1.69. The molecule has 0 aromatic heterocycles. The maximum absolute atomic E-state index is 11.1. The van der Waals surface area contributed by atoms with Crippen LogP contribution < -0.4 is 5.32 Å². The van der Waals surface area contributed by atoms with Crippen LogP contribution in [0.1, 0.15) is 12.0 Å². The van der Waals surface area contributed by atoms with Gasteiger partial charge < -0.3 is 15.5 Å². The van der Waals surface area contributed by atoms with Gasteiger partial charge in [0.1, 0.15) is 5.75 Å². The largest absolute Gasteiger partial charge is 0.507 e. The number of phenolic OH excluding ortho intramolecular Hbond substituents is 1. The first-order valence-corrected chi connectivity index (χ1v) is 5.14. The Hall–Kier alpha value is -1.81. The Labute approximate surface area is 93.2 Å². The normalized spacial score (nSPS) is 16.2. The number of aromatic hydroxyl groups is 1. The highest BCUT2D eigenvalue weighted by Gasteiger charge is 2.20. The molecule has 0 fully saturated rings. The molecule has 1 aromatic rings. The van der Waals surface area contributed by atoms with E-state index in [0.29, 0.717) is 24.1 Å². The summed E-state index contributed by atoms with van der Waals surface area (Å²) in [5, 5.41) is 21.8. The number of hydrogen-bond donors (Lipinski definition) is 3. The molecule has 2 rings (SSSR count). The molecule has 0 bridgehead atoms. The third-order valence-electron chi connectivity index (χ3n) is 2.71. The smallest absolute Gasteiger partial charge is 0.333 e. The monoisotopic (exact) mass is 219 g/mol. The van der Waals surface area contributed by atoms with E-state index in [1.165, 1.54) is 0 Å². The van der Waals surface area contributed by atoms with Crippen molar-refractivity contribution in [2.75, 3.05) is 13.1 Å². The summed E-state index contributed by atoms with van der Waals surface area (Å²) in [6.45, 7) is 1.08. The van der Waals surface area contributed by atoms with Crippen molar-refractivity contribution < 1.29 is 15.0 Å². The fraction of sp³-hybridized carbons (Fsp3) is 0.250. The lowest BCUT2D eigenvalue weighted by molar-refractivity contribution is -0.132. The first-order valence-electron chi connectivity index (χ1n) is 5.14. The summed E-state index contributed by atoms with van der Waals surface area (Å²) in [5.74, 6) is -0.788. The molecule has 0 radical (unpaired) electrons. The van der Waals surface area contributed by atoms with Gasteiger partial charge in [0.25, 0.3) is 0 Å². The van der Waals surface area contributed by atoms with E-state index in [1.807, 2.05) is 0 Å². The van der Waals surface area contributed by atoms with Crippen molar-refractivity contribution in [1.82, 2.24) is 5.32 Å². The van der Waals surface area contributed by atoms with Crippen molar-refractivity contribution in [3.05, 3.63) is 35.4 Å². The zero-order chi connectivity index (χ0) is 11.5. The van der Waals surface area contributed by atoms with Crippen molar-refractivity contribution in [3.63, 3.8) is 0 Å². The van der Waals surface area contributed by atoms with Crippen LogP contribution in [-0.4, -0.2) is 29.3 Å². The van der Waals surface area contributed by atoms with Crippen LogP contribution in [0, 0.1) is 0 Å². The average Bonchev–Trinajstić information content (AvgIpc) is 2.29. The summed E-state index contributed by atoms with van der Waals surface area (Å²) >= 11 is 0. The van der Waals surface area contributed by atoms with Crippen LogP contribution in [0.2, 0.25) is 0 Å². The van der Waals surface area contributed by atoms with Crippen molar-refractivity contribution in [1.29, 1.82) is 0 Å². The minimum atomic E-state index is -0.926. The highest BCUT2D eigenvalue weighted by Crippen LogP contribution is 2.30. The lowest BCUT2D eigenvalue weighted by Crippen LogP contribution is -2.28. The molecule has 84 valence electrons. The molecule has 0 saturated heterocycles. The van der Waals surface area contributed by atoms with Crippen molar-refractivity contribution in [2.24, 2.45) is 0 Å².